The van der Waals surface area contributed by atoms with Crippen molar-refractivity contribution < 1.29 is 9.84 Å². The fourth-order valence-corrected chi connectivity index (χ4v) is 2.76. The molecule has 122 valence electrons. The molecular weight excluding hydrogens is 248 g/mol. The lowest BCUT2D eigenvalue weighted by Crippen LogP contribution is -2.40. The molecule has 2 heteroatoms. The second-order valence-electron chi connectivity index (χ2n) is 7.07. The van der Waals surface area contributed by atoms with Gasteiger partial charge in [0.2, 0.25) is 0 Å². The molecule has 0 rings (SSSR count). The number of aliphatic hydroxyl groups is 1. The molecule has 0 aliphatic heterocycles. The summed E-state index contributed by atoms with van der Waals surface area (Å²) in [7, 11) is 0. The van der Waals surface area contributed by atoms with Crippen LogP contribution < -0.4 is 0 Å². The van der Waals surface area contributed by atoms with Gasteiger partial charge in [0.05, 0.1) is 12.2 Å². The van der Waals surface area contributed by atoms with Crippen molar-refractivity contribution in [1.82, 2.24) is 0 Å². The summed E-state index contributed by atoms with van der Waals surface area (Å²) in [5, 5.41) is 10.3. The van der Waals surface area contributed by atoms with Gasteiger partial charge in [0.25, 0.3) is 0 Å². The van der Waals surface area contributed by atoms with Gasteiger partial charge in [-0.3, -0.25) is 0 Å². The number of aliphatic hydroxyl groups excluding tert-OH is 1. The summed E-state index contributed by atoms with van der Waals surface area (Å²) in [4.78, 5) is 0. The van der Waals surface area contributed by atoms with Crippen molar-refractivity contribution in [3.63, 3.8) is 0 Å². The van der Waals surface area contributed by atoms with E-state index in [2.05, 4.69) is 27.7 Å². The maximum absolute atomic E-state index is 10.3. The topological polar surface area (TPSA) is 29.5 Å². The van der Waals surface area contributed by atoms with Gasteiger partial charge in [0, 0.05) is 6.61 Å². The van der Waals surface area contributed by atoms with Crippen LogP contribution in [0.4, 0.5) is 0 Å². The van der Waals surface area contributed by atoms with Gasteiger partial charge in [0.15, 0.2) is 0 Å². The maximum atomic E-state index is 10.3. The molecule has 0 saturated heterocycles. The van der Waals surface area contributed by atoms with Crippen LogP contribution in [0.2, 0.25) is 0 Å². The Balaban J connectivity index is 3.71. The second-order valence-corrected chi connectivity index (χ2v) is 7.07. The third-order valence-electron chi connectivity index (χ3n) is 3.90. The SMILES string of the molecule is CCCCCCCCCCC(O)C(OCC)C(C)(C)C. The molecule has 0 aliphatic carbocycles. The fraction of sp³-hybridized carbons (Fsp3) is 1.00. The predicted octanol–water partition coefficient (Wildman–Crippen LogP) is 5.33. The molecule has 0 saturated carbocycles. The molecule has 0 aromatic heterocycles. The summed E-state index contributed by atoms with van der Waals surface area (Å²) in [5.41, 5.74) is 0.00950. The van der Waals surface area contributed by atoms with E-state index >= 15 is 0 Å². The quantitative estimate of drug-likeness (QED) is 0.491. The minimum atomic E-state index is -0.324. The summed E-state index contributed by atoms with van der Waals surface area (Å²) in [5.74, 6) is 0. The highest BCUT2D eigenvalue weighted by Crippen LogP contribution is 2.27. The van der Waals surface area contributed by atoms with E-state index < -0.39 is 0 Å². The average Bonchev–Trinajstić information content (AvgIpc) is 2.37. The van der Waals surface area contributed by atoms with E-state index in [1.54, 1.807) is 0 Å². The Kier molecular flexibility index (Phi) is 11.5. The van der Waals surface area contributed by atoms with Gasteiger partial charge in [-0.25, -0.2) is 0 Å². The van der Waals surface area contributed by atoms with Crippen molar-refractivity contribution in [2.45, 2.75) is 105 Å². The molecule has 0 bridgehead atoms. The molecule has 2 nitrogen and oxygen atoms in total. The van der Waals surface area contributed by atoms with E-state index in [0.717, 1.165) is 12.8 Å². The molecule has 2 atom stereocenters. The van der Waals surface area contributed by atoms with Crippen LogP contribution in [-0.2, 0) is 4.74 Å². The normalized spacial score (nSPS) is 15.3. The fourth-order valence-electron chi connectivity index (χ4n) is 2.76. The minimum Gasteiger partial charge on any atom is -0.390 e. The van der Waals surface area contributed by atoms with Crippen molar-refractivity contribution in [1.29, 1.82) is 0 Å². The van der Waals surface area contributed by atoms with Crippen molar-refractivity contribution in [3.8, 4) is 0 Å². The average molecular weight is 286 g/mol. The van der Waals surface area contributed by atoms with E-state index in [-0.39, 0.29) is 17.6 Å². The largest absolute Gasteiger partial charge is 0.390 e. The van der Waals surface area contributed by atoms with Crippen LogP contribution in [0.25, 0.3) is 0 Å². The lowest BCUT2D eigenvalue weighted by molar-refractivity contribution is -0.0908. The maximum Gasteiger partial charge on any atom is 0.0881 e. The lowest BCUT2D eigenvalue weighted by Gasteiger charge is -2.34. The molecule has 1 N–H and O–H groups in total. The molecule has 2 unspecified atom stereocenters. The van der Waals surface area contributed by atoms with Crippen LogP contribution in [0.5, 0.6) is 0 Å². The van der Waals surface area contributed by atoms with Crippen LogP contribution in [0.3, 0.4) is 0 Å². The zero-order valence-corrected chi connectivity index (χ0v) is 14.6. The van der Waals surface area contributed by atoms with E-state index in [1.807, 2.05) is 6.92 Å². The zero-order valence-electron chi connectivity index (χ0n) is 14.6. The van der Waals surface area contributed by atoms with Gasteiger partial charge in [-0.1, -0.05) is 79.1 Å². The summed E-state index contributed by atoms with van der Waals surface area (Å²) in [6.45, 7) is 11.4. The lowest BCUT2D eigenvalue weighted by atomic mass is 9.84. The first-order chi connectivity index (χ1) is 9.43. The Bertz CT molecular complexity index is 208. The monoisotopic (exact) mass is 286 g/mol. The Morgan fingerprint density at radius 3 is 1.80 bits per heavy atom. The predicted molar refractivity (Wildman–Crippen MR) is 88.1 cm³/mol. The van der Waals surface area contributed by atoms with Crippen LogP contribution in [0, 0.1) is 5.41 Å². The summed E-state index contributed by atoms with van der Waals surface area (Å²) in [6.07, 6.45) is 11.0. The van der Waals surface area contributed by atoms with E-state index in [0.29, 0.717) is 6.61 Å². The molecule has 0 fully saturated rings. The zero-order chi connectivity index (χ0) is 15.4. The van der Waals surface area contributed by atoms with E-state index in [9.17, 15) is 5.11 Å². The van der Waals surface area contributed by atoms with Crippen LogP contribution in [0.15, 0.2) is 0 Å². The number of unbranched alkanes of at least 4 members (excludes halogenated alkanes) is 7. The van der Waals surface area contributed by atoms with Gasteiger partial charge < -0.3 is 9.84 Å². The Labute approximate surface area is 127 Å². The summed E-state index contributed by atoms with van der Waals surface area (Å²) >= 11 is 0. The first-order valence-corrected chi connectivity index (χ1v) is 8.73. The van der Waals surface area contributed by atoms with Gasteiger partial charge in [0.1, 0.15) is 0 Å². The van der Waals surface area contributed by atoms with E-state index in [1.165, 1.54) is 44.9 Å². The Hall–Kier alpha value is -0.0800. The Morgan fingerprint density at radius 1 is 0.850 bits per heavy atom. The van der Waals surface area contributed by atoms with Crippen molar-refractivity contribution >= 4 is 0 Å². The molecule has 20 heavy (non-hydrogen) atoms. The van der Waals surface area contributed by atoms with Crippen LogP contribution >= 0.6 is 0 Å². The number of rotatable bonds is 12. The molecular formula is C18H38O2. The van der Waals surface area contributed by atoms with Gasteiger partial charge in [-0.2, -0.15) is 0 Å². The highest BCUT2D eigenvalue weighted by molar-refractivity contribution is 4.81. The first-order valence-electron chi connectivity index (χ1n) is 8.73. The van der Waals surface area contributed by atoms with Gasteiger partial charge >= 0.3 is 0 Å². The summed E-state index contributed by atoms with van der Waals surface area (Å²) in [6, 6.07) is 0. The smallest absolute Gasteiger partial charge is 0.0881 e. The van der Waals surface area contributed by atoms with Gasteiger partial charge in [-0.15, -0.1) is 0 Å². The number of ether oxygens (including phenoxy) is 1. The standard InChI is InChI=1S/C18H38O2/c1-6-8-9-10-11-12-13-14-15-16(19)17(20-7-2)18(3,4)5/h16-17,19H,6-15H2,1-5H3. The molecule has 0 aromatic carbocycles. The molecule has 0 spiro atoms. The molecule has 0 amide bonds. The summed E-state index contributed by atoms with van der Waals surface area (Å²) < 4.78 is 5.74. The van der Waals surface area contributed by atoms with Crippen LogP contribution in [-0.4, -0.2) is 23.9 Å². The van der Waals surface area contributed by atoms with Gasteiger partial charge in [-0.05, 0) is 18.8 Å². The van der Waals surface area contributed by atoms with Crippen molar-refractivity contribution in [2.24, 2.45) is 5.41 Å². The number of hydrogen-bond acceptors (Lipinski definition) is 2. The third-order valence-corrected chi connectivity index (χ3v) is 3.90. The highest BCUT2D eigenvalue weighted by Gasteiger charge is 2.31. The molecule has 0 heterocycles. The Morgan fingerprint density at radius 2 is 1.35 bits per heavy atom. The molecule has 0 aliphatic rings. The molecule has 0 aromatic rings. The second kappa shape index (κ2) is 11.6. The van der Waals surface area contributed by atoms with Crippen molar-refractivity contribution in [2.75, 3.05) is 6.61 Å². The third kappa shape index (κ3) is 9.77. The van der Waals surface area contributed by atoms with Crippen molar-refractivity contribution in [3.05, 3.63) is 0 Å². The number of hydrogen-bond donors (Lipinski definition) is 1. The van der Waals surface area contributed by atoms with E-state index in [4.69, 9.17) is 4.74 Å². The highest BCUT2D eigenvalue weighted by atomic mass is 16.5. The minimum absolute atomic E-state index is 0.00950. The molecule has 0 radical (unpaired) electrons. The van der Waals surface area contributed by atoms with Crippen LogP contribution in [0.1, 0.15) is 92.4 Å². The first kappa shape index (κ1) is 19.9.